The Labute approximate surface area is 180 Å². The fraction of sp³-hybridized carbons (Fsp3) is 0.222. The van der Waals surface area contributed by atoms with Crippen LogP contribution >= 0.6 is 27.3 Å². The van der Waals surface area contributed by atoms with Crippen LogP contribution in [0.4, 0.5) is 24.5 Å². The molecular weight excluding hydrogens is 487 g/mol. The molecule has 2 aromatic heterocycles. The lowest BCUT2D eigenvalue weighted by Gasteiger charge is -2.32. The van der Waals surface area contributed by atoms with Crippen molar-refractivity contribution in [2.75, 3.05) is 16.8 Å². The number of nitrogens with one attached hydrogen (secondary N) is 1. The molecule has 1 aliphatic heterocycles. The topological polar surface area (TPSA) is 80.1 Å². The Morgan fingerprint density at radius 3 is 2.57 bits per heavy atom. The van der Waals surface area contributed by atoms with Gasteiger partial charge in [-0.25, -0.2) is 4.98 Å². The minimum atomic E-state index is -4.46. The summed E-state index contributed by atoms with van der Waals surface area (Å²) in [6.45, 7) is 2.06. The summed E-state index contributed by atoms with van der Waals surface area (Å²) >= 11 is 4.32. The number of aromatic nitrogens is 3. The number of carbonyl (C=O) groups is 2. The number of halogens is 4. The third-order valence-corrected chi connectivity index (χ3v) is 6.04. The van der Waals surface area contributed by atoms with Crippen LogP contribution in [-0.4, -0.2) is 33.1 Å². The summed E-state index contributed by atoms with van der Waals surface area (Å²) in [5, 5.41) is 6.86. The van der Waals surface area contributed by atoms with Gasteiger partial charge in [-0.3, -0.25) is 14.3 Å². The average molecular weight is 500 g/mol. The van der Waals surface area contributed by atoms with Crippen LogP contribution in [-0.2, 0) is 6.18 Å². The molecule has 0 fully saturated rings. The third kappa shape index (κ3) is 3.72. The molecule has 0 saturated heterocycles. The van der Waals surface area contributed by atoms with E-state index in [-0.39, 0.29) is 24.0 Å². The van der Waals surface area contributed by atoms with Crippen molar-refractivity contribution in [3.63, 3.8) is 0 Å². The largest absolute Gasteiger partial charge is 0.416 e. The summed E-state index contributed by atoms with van der Waals surface area (Å²) < 4.78 is 40.5. The molecule has 0 spiro atoms. The first-order valence-corrected chi connectivity index (χ1v) is 10.3. The number of hydrogen-bond donors (Lipinski definition) is 1. The molecule has 7 nitrogen and oxygen atoms in total. The summed E-state index contributed by atoms with van der Waals surface area (Å²) in [5.74, 6) is -0.910. The summed E-state index contributed by atoms with van der Waals surface area (Å²) in [6.07, 6.45) is -1.67. The van der Waals surface area contributed by atoms with Crippen molar-refractivity contribution >= 4 is 50.5 Å². The molecule has 2 amide bonds. The van der Waals surface area contributed by atoms with E-state index in [1.54, 1.807) is 0 Å². The molecule has 3 heterocycles. The fourth-order valence-electron chi connectivity index (χ4n) is 3.15. The van der Waals surface area contributed by atoms with Gasteiger partial charge in [0, 0.05) is 12.2 Å². The van der Waals surface area contributed by atoms with Crippen LogP contribution in [0.1, 0.15) is 38.7 Å². The van der Waals surface area contributed by atoms with Crippen molar-refractivity contribution in [1.82, 2.24) is 14.8 Å². The summed E-state index contributed by atoms with van der Waals surface area (Å²) in [7, 11) is 0. The van der Waals surface area contributed by atoms with Crippen LogP contribution in [0.25, 0.3) is 0 Å². The lowest BCUT2D eigenvalue weighted by Crippen LogP contribution is -2.43. The first-order valence-electron chi connectivity index (χ1n) is 8.64. The van der Waals surface area contributed by atoms with Gasteiger partial charge in [0.25, 0.3) is 11.8 Å². The molecule has 0 aliphatic carbocycles. The Hall–Kier alpha value is -2.73. The molecule has 0 bridgehead atoms. The van der Waals surface area contributed by atoms with Gasteiger partial charge in [-0.2, -0.15) is 18.3 Å². The molecule has 1 aliphatic rings. The Morgan fingerprint density at radius 2 is 1.97 bits per heavy atom. The Morgan fingerprint density at radius 1 is 1.27 bits per heavy atom. The van der Waals surface area contributed by atoms with E-state index < -0.39 is 23.6 Å². The highest BCUT2D eigenvalue weighted by Crippen LogP contribution is 2.33. The minimum Gasteiger partial charge on any atom is -0.318 e. The molecule has 3 aromatic rings. The molecule has 0 radical (unpaired) electrons. The number of thiazole rings is 1. The van der Waals surface area contributed by atoms with Gasteiger partial charge in [-0.05, 0) is 47.1 Å². The highest BCUT2D eigenvalue weighted by molar-refractivity contribution is 9.11. The molecule has 30 heavy (non-hydrogen) atoms. The predicted molar refractivity (Wildman–Crippen MR) is 108 cm³/mol. The summed E-state index contributed by atoms with van der Waals surface area (Å²) in [5.41, 5.74) is -0.0861. The van der Waals surface area contributed by atoms with E-state index >= 15 is 0 Å². The summed E-state index contributed by atoms with van der Waals surface area (Å²) in [6, 6.07) is 4.13. The van der Waals surface area contributed by atoms with Crippen LogP contribution < -0.4 is 10.2 Å². The van der Waals surface area contributed by atoms with Crippen molar-refractivity contribution < 1.29 is 22.8 Å². The van der Waals surface area contributed by atoms with Gasteiger partial charge in [0.15, 0.2) is 9.61 Å². The quantitative estimate of drug-likeness (QED) is 0.571. The fourth-order valence-corrected chi connectivity index (χ4v) is 4.31. The van der Waals surface area contributed by atoms with Gasteiger partial charge < -0.3 is 10.2 Å². The molecule has 0 saturated carbocycles. The van der Waals surface area contributed by atoms with E-state index in [0.29, 0.717) is 14.5 Å². The number of hydrogen-bond acceptors (Lipinski definition) is 5. The van der Waals surface area contributed by atoms with E-state index in [9.17, 15) is 22.8 Å². The molecule has 1 aromatic carbocycles. The van der Waals surface area contributed by atoms with Gasteiger partial charge in [0.2, 0.25) is 0 Å². The third-order valence-electron chi connectivity index (χ3n) is 4.56. The van der Waals surface area contributed by atoms with Crippen molar-refractivity contribution in [3.05, 3.63) is 56.7 Å². The van der Waals surface area contributed by atoms with Gasteiger partial charge in [-0.15, -0.1) is 11.3 Å². The molecule has 4 rings (SSSR count). The van der Waals surface area contributed by atoms with E-state index in [1.165, 1.54) is 34.1 Å². The number of rotatable bonds is 3. The number of fused-ring (bicyclic) bond motifs is 1. The van der Waals surface area contributed by atoms with E-state index in [1.807, 2.05) is 6.92 Å². The van der Waals surface area contributed by atoms with Gasteiger partial charge in [0.05, 0.1) is 29.7 Å². The Balaban J connectivity index is 1.63. The first kappa shape index (κ1) is 20.5. The highest BCUT2D eigenvalue weighted by Gasteiger charge is 2.35. The maximum atomic E-state index is 13.1. The van der Waals surface area contributed by atoms with Crippen LogP contribution in [0.5, 0.6) is 0 Å². The van der Waals surface area contributed by atoms with Crippen LogP contribution in [0.3, 0.4) is 0 Å². The zero-order valence-corrected chi connectivity index (χ0v) is 17.7. The maximum absolute atomic E-state index is 13.1. The number of nitrogens with zero attached hydrogens (tertiary/aromatic N) is 4. The molecule has 156 valence electrons. The van der Waals surface area contributed by atoms with Crippen molar-refractivity contribution in [2.45, 2.75) is 19.1 Å². The van der Waals surface area contributed by atoms with Gasteiger partial charge in [0.1, 0.15) is 4.88 Å². The van der Waals surface area contributed by atoms with E-state index in [0.717, 1.165) is 23.5 Å². The number of benzene rings is 1. The van der Waals surface area contributed by atoms with Crippen molar-refractivity contribution in [3.8, 4) is 0 Å². The predicted octanol–water partition coefficient (Wildman–Crippen LogP) is 4.59. The van der Waals surface area contributed by atoms with Gasteiger partial charge >= 0.3 is 6.18 Å². The monoisotopic (exact) mass is 499 g/mol. The standard InChI is InChI=1S/C18H13BrF3N5O2S/c1-9-8-26(11-4-2-10(3-5-11)18(20,21)22)16(29)14-12(6-24-27(9)14)25-15(28)13-7-23-17(19)30-13/h2-7,9H,8H2,1H3,(H,25,28)/t9-/m0/s1. The highest BCUT2D eigenvalue weighted by atomic mass is 79.9. The Kier molecular flexibility index (Phi) is 5.14. The van der Waals surface area contributed by atoms with E-state index in [4.69, 9.17) is 0 Å². The second-order valence-corrected chi connectivity index (χ2v) is 8.90. The lowest BCUT2D eigenvalue weighted by molar-refractivity contribution is -0.137. The van der Waals surface area contributed by atoms with Crippen LogP contribution in [0, 0.1) is 0 Å². The molecule has 1 atom stereocenters. The molecule has 12 heteroatoms. The zero-order chi connectivity index (χ0) is 21.6. The lowest BCUT2D eigenvalue weighted by atomic mass is 10.1. The molecular formula is C18H13BrF3N5O2S. The summed E-state index contributed by atoms with van der Waals surface area (Å²) in [4.78, 5) is 31.3. The van der Waals surface area contributed by atoms with E-state index in [2.05, 4.69) is 31.3 Å². The minimum absolute atomic E-state index is 0.158. The molecule has 0 unspecified atom stereocenters. The smallest absolute Gasteiger partial charge is 0.318 e. The number of alkyl halides is 3. The normalized spacial score (nSPS) is 16.5. The second kappa shape index (κ2) is 7.51. The zero-order valence-electron chi connectivity index (χ0n) is 15.3. The maximum Gasteiger partial charge on any atom is 0.416 e. The number of amides is 2. The molecule has 1 N–H and O–H groups in total. The van der Waals surface area contributed by atoms with Crippen LogP contribution in [0.2, 0.25) is 0 Å². The number of anilines is 2. The number of carbonyl (C=O) groups excluding carboxylic acids is 2. The van der Waals surface area contributed by atoms with Crippen molar-refractivity contribution in [1.29, 1.82) is 0 Å². The second-order valence-electron chi connectivity index (χ2n) is 6.59. The first-order chi connectivity index (χ1) is 14.1. The van der Waals surface area contributed by atoms with Crippen molar-refractivity contribution in [2.24, 2.45) is 0 Å². The Bertz CT molecular complexity index is 1130. The SMILES string of the molecule is C[C@H]1CN(c2ccc(C(F)(F)F)cc2)C(=O)c2c(NC(=O)c3cnc(Br)s3)cnn21. The van der Waals surface area contributed by atoms with Gasteiger partial charge in [-0.1, -0.05) is 0 Å². The van der Waals surface area contributed by atoms with Crippen LogP contribution in [0.15, 0.2) is 40.6 Å². The average Bonchev–Trinajstić information content (AvgIpc) is 3.31.